The molecule has 0 spiro atoms. The van der Waals surface area contributed by atoms with E-state index in [1.807, 2.05) is 4.72 Å². The van der Waals surface area contributed by atoms with Gasteiger partial charge in [-0.15, -0.1) is 12.4 Å². The van der Waals surface area contributed by atoms with Crippen molar-refractivity contribution < 1.29 is 22.0 Å². The number of hydrogen-bond donors (Lipinski definition) is 3. The smallest absolute Gasteiger partial charge is 0.273 e. The maximum Gasteiger partial charge on any atom is 0.273 e. The van der Waals surface area contributed by atoms with Crippen molar-refractivity contribution in [2.45, 2.75) is 30.1 Å². The molecule has 1 aromatic carbocycles. The summed E-state index contributed by atoms with van der Waals surface area (Å²) in [6, 6.07) is 4.13. The molecule has 0 saturated heterocycles. The van der Waals surface area contributed by atoms with Crippen LogP contribution in [-0.4, -0.2) is 33.3 Å². The average molecular weight is 370 g/mol. The number of hydrogen-bond acceptors (Lipinski definition) is 4. The van der Waals surface area contributed by atoms with Gasteiger partial charge in [0, 0.05) is 12.1 Å². The van der Waals surface area contributed by atoms with Crippen molar-refractivity contribution in [2.24, 2.45) is 5.73 Å². The highest BCUT2D eigenvalue weighted by molar-refractivity contribution is 7.89. The van der Waals surface area contributed by atoms with Crippen LogP contribution in [0.4, 0.5) is 14.5 Å². The molecule has 0 unspecified atom stereocenters. The van der Waals surface area contributed by atoms with E-state index in [-0.39, 0.29) is 23.2 Å². The van der Waals surface area contributed by atoms with Crippen molar-refractivity contribution in [3.05, 3.63) is 23.8 Å². The first-order valence-electron chi connectivity index (χ1n) is 6.74. The van der Waals surface area contributed by atoms with E-state index in [1.54, 1.807) is 0 Å². The number of carbonyl (C=O) groups excluding carboxylic acids is 1. The quantitative estimate of drug-likeness (QED) is 0.727. The van der Waals surface area contributed by atoms with Crippen LogP contribution >= 0.6 is 12.4 Å². The first-order valence-corrected chi connectivity index (χ1v) is 8.22. The molecule has 4 N–H and O–H groups in total. The summed E-state index contributed by atoms with van der Waals surface area (Å²) in [6.45, 7) is -1.99. The summed E-state index contributed by atoms with van der Waals surface area (Å²) in [4.78, 5) is 11.3. The zero-order chi connectivity index (χ0) is 16.4. The molecule has 1 aliphatic heterocycles. The third-order valence-corrected chi connectivity index (χ3v) is 4.73. The number of carbonyl (C=O) groups is 1. The number of amides is 1. The van der Waals surface area contributed by atoms with Gasteiger partial charge in [-0.3, -0.25) is 4.79 Å². The number of benzene rings is 1. The normalized spacial score (nSPS) is 15.2. The molecule has 0 aliphatic carbocycles. The van der Waals surface area contributed by atoms with E-state index in [2.05, 4.69) is 5.32 Å². The third kappa shape index (κ3) is 5.10. The van der Waals surface area contributed by atoms with Crippen LogP contribution in [0, 0.1) is 0 Å². The number of alkyl halides is 2. The van der Waals surface area contributed by atoms with E-state index < -0.39 is 29.0 Å². The van der Waals surface area contributed by atoms with Gasteiger partial charge in [0.15, 0.2) is 0 Å². The molecule has 10 heteroatoms. The lowest BCUT2D eigenvalue weighted by atomic mass is 10.1. The third-order valence-electron chi connectivity index (χ3n) is 3.33. The maximum absolute atomic E-state index is 13.1. The SMILES string of the molecule is Cl.NCC(F)(F)CNS(=O)(=O)c1ccc2c(c1)CCCC(=O)N2. The van der Waals surface area contributed by atoms with Crippen molar-refractivity contribution in [3.8, 4) is 0 Å². The summed E-state index contributed by atoms with van der Waals surface area (Å²) in [5.41, 5.74) is 6.09. The van der Waals surface area contributed by atoms with Crippen LogP contribution in [0.1, 0.15) is 18.4 Å². The Hall–Kier alpha value is -1.29. The number of halogens is 3. The Morgan fingerprint density at radius 1 is 1.30 bits per heavy atom. The monoisotopic (exact) mass is 369 g/mol. The molecule has 23 heavy (non-hydrogen) atoms. The minimum Gasteiger partial charge on any atom is -0.326 e. The zero-order valence-corrected chi connectivity index (χ0v) is 13.8. The minimum absolute atomic E-state index is 0. The summed E-state index contributed by atoms with van der Waals surface area (Å²) in [5, 5.41) is 2.68. The number of nitrogens with one attached hydrogen (secondary N) is 2. The molecule has 6 nitrogen and oxygen atoms in total. The van der Waals surface area contributed by atoms with Crippen molar-refractivity contribution in [1.82, 2.24) is 4.72 Å². The Bertz CT molecular complexity index is 683. The fraction of sp³-hybridized carbons (Fsp3) is 0.462. The van der Waals surface area contributed by atoms with Gasteiger partial charge in [-0.2, -0.15) is 0 Å². The molecule has 1 aliphatic rings. The molecule has 0 aromatic heterocycles. The molecule has 0 fully saturated rings. The fourth-order valence-corrected chi connectivity index (χ4v) is 3.19. The molecule has 0 atom stereocenters. The standard InChI is InChI=1S/C13H17F2N3O3S.ClH/c14-13(15,7-16)8-17-22(20,21)10-4-5-11-9(6-10)2-1-3-12(19)18-11;/h4-6,17H,1-3,7-8,16H2,(H,18,19);1H. The number of aryl methyl sites for hydroxylation is 1. The van der Waals surface area contributed by atoms with Crippen LogP contribution in [0.2, 0.25) is 0 Å². The predicted molar refractivity (Wildman–Crippen MR) is 84.4 cm³/mol. The Kier molecular flexibility index (Phi) is 6.46. The topological polar surface area (TPSA) is 101 Å². The van der Waals surface area contributed by atoms with Crippen LogP contribution < -0.4 is 15.8 Å². The molecule has 1 heterocycles. The van der Waals surface area contributed by atoms with Gasteiger partial charge in [0.05, 0.1) is 18.0 Å². The van der Waals surface area contributed by atoms with Gasteiger partial charge in [-0.25, -0.2) is 21.9 Å². The highest BCUT2D eigenvalue weighted by atomic mass is 35.5. The minimum atomic E-state index is -4.06. The molecule has 0 radical (unpaired) electrons. The Balaban J connectivity index is 0.00000264. The molecule has 0 bridgehead atoms. The zero-order valence-electron chi connectivity index (χ0n) is 12.1. The van der Waals surface area contributed by atoms with Crippen LogP contribution in [0.5, 0.6) is 0 Å². The van der Waals surface area contributed by atoms with E-state index >= 15 is 0 Å². The van der Waals surface area contributed by atoms with E-state index in [4.69, 9.17) is 5.73 Å². The van der Waals surface area contributed by atoms with Crippen LogP contribution in [0.15, 0.2) is 23.1 Å². The average Bonchev–Trinajstić information content (AvgIpc) is 2.65. The summed E-state index contributed by atoms with van der Waals surface area (Å²) >= 11 is 0. The molecular weight excluding hydrogens is 352 g/mol. The Morgan fingerprint density at radius 3 is 2.65 bits per heavy atom. The van der Waals surface area contributed by atoms with Gasteiger partial charge in [0.2, 0.25) is 15.9 Å². The molecule has 0 saturated carbocycles. The second-order valence-corrected chi connectivity index (χ2v) is 6.87. The maximum atomic E-state index is 13.1. The number of rotatable bonds is 5. The van der Waals surface area contributed by atoms with Crippen molar-refractivity contribution in [1.29, 1.82) is 0 Å². The Morgan fingerprint density at radius 2 is 2.00 bits per heavy atom. The molecular formula is C13H18ClF2N3O3S. The highest BCUT2D eigenvalue weighted by Crippen LogP contribution is 2.25. The summed E-state index contributed by atoms with van der Waals surface area (Å²) < 4.78 is 52.1. The van der Waals surface area contributed by atoms with Crippen LogP contribution in [-0.2, 0) is 21.2 Å². The number of anilines is 1. The van der Waals surface area contributed by atoms with Gasteiger partial charge in [0.1, 0.15) is 0 Å². The summed E-state index contributed by atoms with van der Waals surface area (Å²) in [6.07, 6.45) is 1.50. The van der Waals surface area contributed by atoms with Gasteiger partial charge in [0.25, 0.3) is 5.92 Å². The molecule has 1 aromatic rings. The van der Waals surface area contributed by atoms with E-state index in [0.717, 1.165) is 0 Å². The number of nitrogens with two attached hydrogens (primary N) is 1. The van der Waals surface area contributed by atoms with Crippen molar-refractivity contribution >= 4 is 34.0 Å². The van der Waals surface area contributed by atoms with E-state index in [0.29, 0.717) is 30.5 Å². The number of sulfonamides is 1. The first-order chi connectivity index (χ1) is 10.2. The first kappa shape index (κ1) is 19.8. The lowest BCUT2D eigenvalue weighted by Gasteiger charge is -2.15. The highest BCUT2D eigenvalue weighted by Gasteiger charge is 2.29. The van der Waals surface area contributed by atoms with Crippen molar-refractivity contribution in [2.75, 3.05) is 18.4 Å². The second kappa shape index (κ2) is 7.52. The largest absolute Gasteiger partial charge is 0.326 e. The van der Waals surface area contributed by atoms with Gasteiger partial charge >= 0.3 is 0 Å². The Labute approximate surface area is 139 Å². The summed E-state index contributed by atoms with van der Waals surface area (Å²) in [5.74, 6) is -3.43. The predicted octanol–water partition coefficient (Wildman–Crippen LogP) is 1.26. The molecule has 130 valence electrons. The van der Waals surface area contributed by atoms with Gasteiger partial charge in [-0.05, 0) is 36.6 Å². The van der Waals surface area contributed by atoms with Crippen LogP contribution in [0.25, 0.3) is 0 Å². The van der Waals surface area contributed by atoms with Crippen molar-refractivity contribution in [3.63, 3.8) is 0 Å². The van der Waals surface area contributed by atoms with Gasteiger partial charge in [-0.1, -0.05) is 0 Å². The summed E-state index contributed by atoms with van der Waals surface area (Å²) in [7, 11) is -4.06. The lowest BCUT2D eigenvalue weighted by molar-refractivity contribution is -0.116. The lowest BCUT2D eigenvalue weighted by Crippen LogP contribution is -2.41. The van der Waals surface area contributed by atoms with E-state index in [9.17, 15) is 22.0 Å². The molecule has 2 rings (SSSR count). The van der Waals surface area contributed by atoms with Gasteiger partial charge < -0.3 is 11.1 Å². The second-order valence-electron chi connectivity index (χ2n) is 5.11. The van der Waals surface area contributed by atoms with Crippen LogP contribution in [0.3, 0.4) is 0 Å². The number of fused-ring (bicyclic) bond motifs is 1. The van der Waals surface area contributed by atoms with E-state index in [1.165, 1.54) is 18.2 Å². The fourth-order valence-electron chi connectivity index (χ4n) is 2.07. The molecule has 1 amide bonds.